The van der Waals surface area contributed by atoms with Gasteiger partial charge in [0.1, 0.15) is 11.6 Å². The first-order valence-electron chi connectivity index (χ1n) is 11.7. The smallest absolute Gasteiger partial charge is 0.253 e. The molecular formula is C27H29FN2O4. The normalized spacial score (nSPS) is 16.9. The Bertz CT molecular complexity index is 1210. The molecule has 7 heteroatoms. The van der Waals surface area contributed by atoms with Crippen molar-refractivity contribution < 1.29 is 23.4 Å². The fourth-order valence-electron chi connectivity index (χ4n) is 4.80. The predicted molar refractivity (Wildman–Crippen MR) is 127 cm³/mol. The van der Waals surface area contributed by atoms with Crippen LogP contribution in [0.4, 0.5) is 4.39 Å². The van der Waals surface area contributed by atoms with Crippen molar-refractivity contribution in [2.75, 3.05) is 20.2 Å². The predicted octanol–water partition coefficient (Wildman–Crippen LogP) is 5.33. The lowest BCUT2D eigenvalue weighted by Gasteiger charge is -2.45. The van der Waals surface area contributed by atoms with Crippen LogP contribution in [0, 0.1) is 5.82 Å². The number of nitrogens with zero attached hydrogens (tertiary/aromatic N) is 2. The van der Waals surface area contributed by atoms with E-state index in [9.17, 15) is 9.18 Å². The van der Waals surface area contributed by atoms with E-state index in [1.165, 1.54) is 12.1 Å². The molecule has 0 saturated carbocycles. The van der Waals surface area contributed by atoms with Crippen molar-refractivity contribution in [3.8, 4) is 22.9 Å². The Morgan fingerprint density at radius 2 is 1.94 bits per heavy atom. The quantitative estimate of drug-likeness (QED) is 0.512. The number of carbonyl (C=O) groups is 1. The molecule has 1 aromatic heterocycles. The monoisotopic (exact) mass is 464 g/mol. The van der Waals surface area contributed by atoms with Gasteiger partial charge in [0.05, 0.1) is 24.6 Å². The number of likely N-dealkylation sites (tertiary alicyclic amines) is 1. The van der Waals surface area contributed by atoms with E-state index in [-0.39, 0.29) is 17.8 Å². The van der Waals surface area contributed by atoms with Crippen LogP contribution in [0.2, 0.25) is 0 Å². The summed E-state index contributed by atoms with van der Waals surface area (Å²) in [5, 5.41) is 0. The van der Waals surface area contributed by atoms with Crippen LogP contribution >= 0.6 is 0 Å². The minimum Gasteiger partial charge on any atom is -0.493 e. The number of halogens is 1. The molecule has 1 spiro atoms. The fourth-order valence-corrected chi connectivity index (χ4v) is 4.80. The molecule has 5 rings (SSSR count). The van der Waals surface area contributed by atoms with Crippen LogP contribution in [0.15, 0.2) is 54.7 Å². The topological polar surface area (TPSA) is 52.9 Å². The lowest BCUT2D eigenvalue weighted by Crippen LogP contribution is -2.50. The van der Waals surface area contributed by atoms with Crippen LogP contribution in [0.5, 0.6) is 17.2 Å². The Morgan fingerprint density at radius 3 is 2.68 bits per heavy atom. The molecule has 1 amide bonds. The van der Waals surface area contributed by atoms with Gasteiger partial charge in [0.25, 0.3) is 5.91 Å². The minimum absolute atomic E-state index is 0.0547. The largest absolute Gasteiger partial charge is 0.493 e. The van der Waals surface area contributed by atoms with E-state index >= 15 is 0 Å². The summed E-state index contributed by atoms with van der Waals surface area (Å²) < 4.78 is 33.8. The lowest BCUT2D eigenvalue weighted by atomic mass is 9.86. The number of hydrogen-bond donors (Lipinski definition) is 0. The number of fused-ring (bicyclic) bond motifs is 4. The highest BCUT2D eigenvalue weighted by Crippen LogP contribution is 2.45. The number of benzene rings is 2. The molecular weight excluding hydrogens is 435 g/mol. The average molecular weight is 465 g/mol. The molecule has 0 unspecified atom stereocenters. The van der Waals surface area contributed by atoms with Crippen molar-refractivity contribution in [1.82, 2.24) is 9.47 Å². The van der Waals surface area contributed by atoms with E-state index in [2.05, 4.69) is 11.5 Å². The zero-order valence-electron chi connectivity index (χ0n) is 19.7. The maximum absolute atomic E-state index is 13.9. The van der Waals surface area contributed by atoms with E-state index in [0.29, 0.717) is 48.7 Å². The van der Waals surface area contributed by atoms with Crippen molar-refractivity contribution in [2.24, 2.45) is 0 Å². The summed E-state index contributed by atoms with van der Waals surface area (Å²) in [5.41, 5.74) is 1.83. The molecule has 1 saturated heterocycles. The Kier molecular flexibility index (Phi) is 5.71. The summed E-state index contributed by atoms with van der Waals surface area (Å²) in [7, 11) is 1.58. The van der Waals surface area contributed by atoms with Gasteiger partial charge < -0.3 is 23.7 Å². The number of aromatic nitrogens is 1. The van der Waals surface area contributed by atoms with Gasteiger partial charge in [-0.1, -0.05) is 6.92 Å². The Balaban J connectivity index is 1.34. The summed E-state index contributed by atoms with van der Waals surface area (Å²) in [5.74, 6) is 1.33. The summed E-state index contributed by atoms with van der Waals surface area (Å²) >= 11 is 0. The Labute approximate surface area is 198 Å². The van der Waals surface area contributed by atoms with Crippen molar-refractivity contribution in [1.29, 1.82) is 0 Å². The van der Waals surface area contributed by atoms with Gasteiger partial charge in [0.2, 0.25) is 0 Å². The number of amides is 1. The van der Waals surface area contributed by atoms with Crippen molar-refractivity contribution >= 4 is 5.91 Å². The SMILES string of the molecule is CC[C@H](C)Oc1ccc(C(=O)N2CCC3(CC2)Oc2cc(F)ccc2-n2cccc23)cc1OC. The molecule has 6 nitrogen and oxygen atoms in total. The second-order valence-electron chi connectivity index (χ2n) is 8.97. The molecule has 0 radical (unpaired) electrons. The number of rotatable bonds is 5. The third-order valence-electron chi connectivity index (χ3n) is 6.87. The molecule has 1 fully saturated rings. The highest BCUT2D eigenvalue weighted by molar-refractivity contribution is 5.95. The van der Waals surface area contributed by atoms with E-state index in [0.717, 1.165) is 17.8 Å². The molecule has 0 aliphatic carbocycles. The highest BCUT2D eigenvalue weighted by atomic mass is 19.1. The zero-order chi connectivity index (χ0) is 23.9. The standard InChI is InChI=1S/C27H29FN2O4/c1-4-18(2)33-22-10-7-19(16-24(22)32-3)26(31)29-14-11-27(12-15-29)25-6-5-13-30(25)21-9-8-20(28)17-23(21)34-27/h5-10,13,16-18H,4,11-12,14-15H2,1-3H3/t18-/m0/s1. The summed E-state index contributed by atoms with van der Waals surface area (Å²) in [6.07, 6.45) is 4.14. The first kappa shape index (κ1) is 22.3. The summed E-state index contributed by atoms with van der Waals surface area (Å²) in [4.78, 5) is 15.1. The summed E-state index contributed by atoms with van der Waals surface area (Å²) in [6, 6.07) is 14.0. The number of carbonyl (C=O) groups excluding carboxylic acids is 1. The van der Waals surface area contributed by atoms with Gasteiger partial charge in [-0.05, 0) is 55.8 Å². The van der Waals surface area contributed by atoms with Crippen LogP contribution in [-0.4, -0.2) is 41.7 Å². The van der Waals surface area contributed by atoms with Crippen LogP contribution in [0.3, 0.4) is 0 Å². The number of hydrogen-bond acceptors (Lipinski definition) is 4. The van der Waals surface area contributed by atoms with Crippen molar-refractivity contribution in [3.63, 3.8) is 0 Å². The first-order chi connectivity index (χ1) is 16.4. The van der Waals surface area contributed by atoms with Crippen molar-refractivity contribution in [2.45, 2.75) is 44.8 Å². The Morgan fingerprint density at radius 1 is 1.15 bits per heavy atom. The molecule has 2 aliphatic rings. The van der Waals surface area contributed by atoms with Gasteiger partial charge in [0.15, 0.2) is 17.1 Å². The van der Waals surface area contributed by atoms with E-state index in [1.54, 1.807) is 31.4 Å². The third-order valence-corrected chi connectivity index (χ3v) is 6.87. The molecule has 2 aliphatic heterocycles. The van der Waals surface area contributed by atoms with E-state index < -0.39 is 5.60 Å². The summed E-state index contributed by atoms with van der Waals surface area (Å²) in [6.45, 7) is 5.11. The molecule has 2 aromatic carbocycles. The maximum Gasteiger partial charge on any atom is 0.253 e. The lowest BCUT2D eigenvalue weighted by molar-refractivity contribution is -0.00951. The third kappa shape index (κ3) is 3.79. The first-order valence-corrected chi connectivity index (χ1v) is 11.7. The fraction of sp³-hybridized carbons (Fsp3) is 0.370. The minimum atomic E-state index is -0.591. The molecule has 178 valence electrons. The zero-order valence-corrected chi connectivity index (χ0v) is 19.7. The number of piperidine rings is 1. The van der Waals surface area contributed by atoms with Gasteiger partial charge in [-0.3, -0.25) is 4.79 Å². The van der Waals surface area contributed by atoms with Crippen molar-refractivity contribution in [3.05, 3.63) is 71.8 Å². The second kappa shape index (κ2) is 8.70. The van der Waals surface area contributed by atoms with E-state index in [1.807, 2.05) is 30.2 Å². The van der Waals surface area contributed by atoms with E-state index in [4.69, 9.17) is 14.2 Å². The molecule has 34 heavy (non-hydrogen) atoms. The number of methoxy groups -OCH3 is 1. The molecule has 0 N–H and O–H groups in total. The second-order valence-corrected chi connectivity index (χ2v) is 8.97. The maximum atomic E-state index is 13.9. The molecule has 0 bridgehead atoms. The highest BCUT2D eigenvalue weighted by Gasteiger charge is 2.44. The van der Waals surface area contributed by atoms with Crippen LogP contribution in [0.25, 0.3) is 5.69 Å². The Hall–Kier alpha value is -3.48. The molecule has 1 atom stereocenters. The van der Waals surface area contributed by atoms with Crippen LogP contribution in [-0.2, 0) is 5.60 Å². The molecule has 3 aromatic rings. The number of ether oxygens (including phenoxy) is 3. The average Bonchev–Trinajstić information content (AvgIpc) is 3.35. The van der Waals surface area contributed by atoms with Gasteiger partial charge in [-0.15, -0.1) is 0 Å². The van der Waals surface area contributed by atoms with Gasteiger partial charge in [0, 0.05) is 43.8 Å². The van der Waals surface area contributed by atoms with Gasteiger partial charge >= 0.3 is 0 Å². The van der Waals surface area contributed by atoms with Crippen LogP contribution in [0.1, 0.15) is 49.2 Å². The van der Waals surface area contributed by atoms with Crippen LogP contribution < -0.4 is 14.2 Å². The molecule has 3 heterocycles. The van der Waals surface area contributed by atoms with Gasteiger partial charge in [-0.2, -0.15) is 0 Å². The van der Waals surface area contributed by atoms with Gasteiger partial charge in [-0.25, -0.2) is 4.39 Å².